The van der Waals surface area contributed by atoms with Crippen LogP contribution in [0.4, 0.5) is 0 Å². The van der Waals surface area contributed by atoms with Crippen LogP contribution in [-0.4, -0.2) is 44.7 Å². The van der Waals surface area contributed by atoms with Gasteiger partial charge in [-0.05, 0) is 6.42 Å². The van der Waals surface area contributed by atoms with Crippen molar-refractivity contribution in [3.63, 3.8) is 0 Å². The second-order valence-electron chi connectivity index (χ2n) is 4.36. The molecule has 0 saturated carbocycles. The highest BCUT2D eigenvalue weighted by atomic mass is 16.3. The predicted octanol–water partition coefficient (Wildman–Crippen LogP) is -1.33. The molecular formula is C11H20N4O3. The summed E-state index contributed by atoms with van der Waals surface area (Å²) in [5.41, 5.74) is 5.34. The summed E-state index contributed by atoms with van der Waals surface area (Å²) in [6, 6.07) is -0.872. The highest BCUT2D eigenvalue weighted by Crippen LogP contribution is 2.13. The van der Waals surface area contributed by atoms with Crippen molar-refractivity contribution in [1.29, 1.82) is 0 Å². The summed E-state index contributed by atoms with van der Waals surface area (Å²) in [5.74, 6) is -0.451. The van der Waals surface area contributed by atoms with Gasteiger partial charge in [-0.2, -0.15) is 5.10 Å². The number of aliphatic hydroxyl groups is 2. The number of carbonyl (C=O) groups is 1. The molecule has 1 heterocycles. The molecule has 1 aromatic rings. The average molecular weight is 256 g/mol. The molecule has 18 heavy (non-hydrogen) atoms. The van der Waals surface area contributed by atoms with E-state index >= 15 is 0 Å². The molecule has 0 aliphatic rings. The van der Waals surface area contributed by atoms with Gasteiger partial charge >= 0.3 is 0 Å². The molecular weight excluding hydrogens is 236 g/mol. The number of aromatic nitrogens is 2. The Morgan fingerprint density at radius 2 is 2.22 bits per heavy atom. The molecule has 1 amide bonds. The Kier molecular flexibility index (Phi) is 4.83. The third kappa shape index (κ3) is 3.06. The molecule has 0 bridgehead atoms. The molecule has 102 valence electrons. The first-order valence-electron chi connectivity index (χ1n) is 5.76. The number of hydrogen-bond donors (Lipinski definition) is 4. The smallest absolute Gasteiger partial charge is 0.242 e. The van der Waals surface area contributed by atoms with Gasteiger partial charge in [0.25, 0.3) is 0 Å². The summed E-state index contributed by atoms with van der Waals surface area (Å²) in [4.78, 5) is 11.9. The van der Waals surface area contributed by atoms with E-state index in [4.69, 9.17) is 5.73 Å². The Morgan fingerprint density at radius 3 is 2.61 bits per heavy atom. The van der Waals surface area contributed by atoms with Crippen molar-refractivity contribution in [2.45, 2.75) is 24.9 Å². The zero-order valence-corrected chi connectivity index (χ0v) is 10.6. The normalized spacial score (nSPS) is 13.4. The molecule has 1 rings (SSSR count). The lowest BCUT2D eigenvalue weighted by Crippen LogP contribution is -2.55. The predicted molar refractivity (Wildman–Crippen MR) is 65.5 cm³/mol. The molecule has 0 radical (unpaired) electrons. The topological polar surface area (TPSA) is 113 Å². The quantitative estimate of drug-likeness (QED) is 0.503. The van der Waals surface area contributed by atoms with E-state index in [-0.39, 0.29) is 13.2 Å². The Bertz CT molecular complexity index is 392. The molecule has 0 saturated heterocycles. The SMILES string of the molecule is CCC(CO)(CO)NC(=O)C(N)c1cnn(C)c1. The van der Waals surface area contributed by atoms with Crippen LogP contribution >= 0.6 is 0 Å². The summed E-state index contributed by atoms with van der Waals surface area (Å²) in [6.45, 7) is 1.08. The first-order chi connectivity index (χ1) is 8.48. The number of aryl methyl sites for hydroxylation is 1. The number of rotatable bonds is 6. The van der Waals surface area contributed by atoms with Crippen molar-refractivity contribution < 1.29 is 15.0 Å². The lowest BCUT2D eigenvalue weighted by atomic mass is 9.97. The Balaban J connectivity index is 2.76. The number of amides is 1. The lowest BCUT2D eigenvalue weighted by Gasteiger charge is -2.30. The minimum absolute atomic E-state index is 0.342. The number of aliphatic hydroxyl groups excluding tert-OH is 2. The van der Waals surface area contributed by atoms with Gasteiger partial charge < -0.3 is 21.3 Å². The zero-order chi connectivity index (χ0) is 13.8. The molecule has 0 aliphatic heterocycles. The van der Waals surface area contributed by atoms with E-state index in [0.29, 0.717) is 12.0 Å². The van der Waals surface area contributed by atoms with Crippen molar-refractivity contribution in [3.05, 3.63) is 18.0 Å². The van der Waals surface area contributed by atoms with Gasteiger partial charge in [-0.15, -0.1) is 0 Å². The van der Waals surface area contributed by atoms with Gasteiger partial charge in [0.15, 0.2) is 0 Å². The van der Waals surface area contributed by atoms with Crippen molar-refractivity contribution >= 4 is 5.91 Å². The molecule has 0 aromatic carbocycles. The monoisotopic (exact) mass is 256 g/mol. The van der Waals surface area contributed by atoms with Crippen molar-refractivity contribution in [2.24, 2.45) is 12.8 Å². The number of carbonyl (C=O) groups excluding carboxylic acids is 1. The molecule has 0 fully saturated rings. The number of nitrogens with one attached hydrogen (secondary N) is 1. The van der Waals surface area contributed by atoms with Gasteiger partial charge in [-0.1, -0.05) is 6.92 Å². The summed E-state index contributed by atoms with van der Waals surface area (Å²) in [5, 5.41) is 25.0. The van der Waals surface area contributed by atoms with Crippen LogP contribution in [-0.2, 0) is 11.8 Å². The first kappa shape index (κ1) is 14.6. The maximum atomic E-state index is 11.9. The van der Waals surface area contributed by atoms with Crippen LogP contribution in [0, 0.1) is 0 Å². The number of nitrogens with zero attached hydrogens (tertiary/aromatic N) is 2. The fourth-order valence-electron chi connectivity index (χ4n) is 1.53. The Hall–Kier alpha value is -1.44. The summed E-state index contributed by atoms with van der Waals surface area (Å²) in [6.07, 6.45) is 3.57. The van der Waals surface area contributed by atoms with E-state index in [0.717, 1.165) is 0 Å². The highest BCUT2D eigenvalue weighted by Gasteiger charge is 2.31. The molecule has 0 aliphatic carbocycles. The molecule has 1 unspecified atom stereocenters. The lowest BCUT2D eigenvalue weighted by molar-refractivity contribution is -0.125. The van der Waals surface area contributed by atoms with Gasteiger partial charge in [-0.3, -0.25) is 9.48 Å². The van der Waals surface area contributed by atoms with Crippen LogP contribution in [0.3, 0.4) is 0 Å². The molecule has 7 heteroatoms. The molecule has 1 atom stereocenters. The van der Waals surface area contributed by atoms with Crippen molar-refractivity contribution in [3.8, 4) is 0 Å². The molecule has 7 nitrogen and oxygen atoms in total. The first-order valence-corrected chi connectivity index (χ1v) is 5.76. The summed E-state index contributed by atoms with van der Waals surface area (Å²) in [7, 11) is 1.73. The molecule has 5 N–H and O–H groups in total. The maximum Gasteiger partial charge on any atom is 0.242 e. The third-order valence-corrected chi connectivity index (χ3v) is 3.04. The van der Waals surface area contributed by atoms with Gasteiger partial charge in [0.05, 0.1) is 24.9 Å². The van der Waals surface area contributed by atoms with Gasteiger partial charge in [-0.25, -0.2) is 0 Å². The fourth-order valence-corrected chi connectivity index (χ4v) is 1.53. The second-order valence-corrected chi connectivity index (χ2v) is 4.36. The zero-order valence-electron chi connectivity index (χ0n) is 10.6. The standard InChI is InChI=1S/C11H20N4O3/c1-3-11(6-16,7-17)14-10(18)9(12)8-4-13-15(2)5-8/h4-5,9,16-17H,3,6-7,12H2,1-2H3,(H,14,18). The van der Waals surface area contributed by atoms with E-state index in [9.17, 15) is 15.0 Å². The van der Waals surface area contributed by atoms with Crippen LogP contribution < -0.4 is 11.1 Å². The van der Waals surface area contributed by atoms with Crippen molar-refractivity contribution in [1.82, 2.24) is 15.1 Å². The minimum atomic E-state index is -1.03. The van der Waals surface area contributed by atoms with E-state index in [1.807, 2.05) is 0 Å². The molecule has 0 spiro atoms. The van der Waals surface area contributed by atoms with Gasteiger partial charge in [0.2, 0.25) is 5.91 Å². The average Bonchev–Trinajstić information content (AvgIpc) is 2.81. The van der Waals surface area contributed by atoms with Crippen LogP contribution in [0.25, 0.3) is 0 Å². The van der Waals surface area contributed by atoms with E-state index in [1.165, 1.54) is 6.20 Å². The second kappa shape index (κ2) is 5.94. The van der Waals surface area contributed by atoms with E-state index in [2.05, 4.69) is 10.4 Å². The highest BCUT2D eigenvalue weighted by molar-refractivity contribution is 5.83. The minimum Gasteiger partial charge on any atom is -0.394 e. The number of nitrogens with two attached hydrogens (primary N) is 1. The van der Waals surface area contributed by atoms with Gasteiger partial charge in [0, 0.05) is 18.8 Å². The van der Waals surface area contributed by atoms with E-state index < -0.39 is 17.5 Å². The number of hydrogen-bond acceptors (Lipinski definition) is 5. The molecule has 1 aromatic heterocycles. The largest absolute Gasteiger partial charge is 0.394 e. The summed E-state index contributed by atoms with van der Waals surface area (Å²) >= 11 is 0. The van der Waals surface area contributed by atoms with Crippen LogP contribution in [0.1, 0.15) is 24.9 Å². The van der Waals surface area contributed by atoms with Gasteiger partial charge in [0.1, 0.15) is 6.04 Å². The third-order valence-electron chi connectivity index (χ3n) is 3.04. The Labute approximate surface area is 106 Å². The van der Waals surface area contributed by atoms with Crippen LogP contribution in [0.2, 0.25) is 0 Å². The van der Waals surface area contributed by atoms with Crippen LogP contribution in [0.15, 0.2) is 12.4 Å². The fraction of sp³-hybridized carbons (Fsp3) is 0.636. The van der Waals surface area contributed by atoms with Crippen molar-refractivity contribution in [2.75, 3.05) is 13.2 Å². The Morgan fingerprint density at radius 1 is 1.61 bits per heavy atom. The summed E-state index contributed by atoms with van der Waals surface area (Å²) < 4.78 is 1.55. The maximum absolute atomic E-state index is 11.9. The van der Waals surface area contributed by atoms with E-state index in [1.54, 1.807) is 24.9 Å². The van der Waals surface area contributed by atoms with Crippen LogP contribution in [0.5, 0.6) is 0 Å².